The van der Waals surface area contributed by atoms with Crippen molar-refractivity contribution in [3.05, 3.63) is 101 Å². The van der Waals surface area contributed by atoms with Gasteiger partial charge in [-0.05, 0) is 48.2 Å². The fourth-order valence-corrected chi connectivity index (χ4v) is 6.77. The average Bonchev–Trinajstić information content (AvgIpc) is 3.44. The SMILES string of the molecule is COC[C@@H]1CCCN1C[C@H]1O[C@@H](c2ccc(CNS(=O)(=O)c3ccccc3)cc2)O[C@@H](c2ccc(CO)cc2)[C@H]1C. The first-order valence-electron chi connectivity index (χ1n) is 14.2. The normalized spacial score (nSPS) is 25.4. The Labute approximate surface area is 243 Å². The fourth-order valence-electron chi connectivity index (χ4n) is 5.73. The minimum atomic E-state index is -3.59. The number of methoxy groups -OCH3 is 1. The standard InChI is InChI=1S/C32H40N2O6S/c1-23-30(20-34-18-6-7-28(34)22-38-2)39-32(40-31(23)26-14-12-25(21-35)13-15-26)27-16-10-24(11-17-27)19-33-41(36,37)29-8-4-3-5-9-29/h3-5,8-17,23,28,30-33,35H,6-7,18-22H2,1-2H3/t23-,28-,30+,31+,32+/m0/s1. The number of rotatable bonds is 11. The van der Waals surface area contributed by atoms with Gasteiger partial charge < -0.3 is 19.3 Å². The van der Waals surface area contributed by atoms with Gasteiger partial charge in [-0.1, -0.05) is 73.7 Å². The van der Waals surface area contributed by atoms with Crippen LogP contribution in [0.5, 0.6) is 0 Å². The average molecular weight is 581 g/mol. The zero-order valence-electron chi connectivity index (χ0n) is 23.7. The van der Waals surface area contributed by atoms with E-state index >= 15 is 0 Å². The molecule has 0 aliphatic carbocycles. The molecule has 3 aromatic rings. The highest BCUT2D eigenvalue weighted by molar-refractivity contribution is 7.89. The number of nitrogens with zero attached hydrogens (tertiary/aromatic N) is 1. The van der Waals surface area contributed by atoms with Crippen molar-refractivity contribution < 1.29 is 27.7 Å². The molecule has 0 radical (unpaired) electrons. The van der Waals surface area contributed by atoms with Crippen LogP contribution in [-0.2, 0) is 37.4 Å². The van der Waals surface area contributed by atoms with E-state index in [0.29, 0.717) is 12.6 Å². The van der Waals surface area contributed by atoms with Gasteiger partial charge in [0.05, 0.1) is 30.3 Å². The van der Waals surface area contributed by atoms with Gasteiger partial charge in [0.25, 0.3) is 0 Å². The van der Waals surface area contributed by atoms with Gasteiger partial charge in [-0.2, -0.15) is 0 Å². The Morgan fingerprint density at radius 3 is 2.32 bits per heavy atom. The Kier molecular flexibility index (Phi) is 9.87. The zero-order valence-corrected chi connectivity index (χ0v) is 24.5. The first-order valence-corrected chi connectivity index (χ1v) is 15.7. The van der Waals surface area contributed by atoms with Crippen LogP contribution in [0.4, 0.5) is 0 Å². The molecule has 0 bridgehead atoms. The van der Waals surface area contributed by atoms with Gasteiger partial charge in [0, 0.05) is 37.7 Å². The summed E-state index contributed by atoms with van der Waals surface area (Å²) in [6, 6.07) is 24.4. The third-order valence-electron chi connectivity index (χ3n) is 8.17. The summed E-state index contributed by atoms with van der Waals surface area (Å²) in [7, 11) is -1.84. The van der Waals surface area contributed by atoms with Gasteiger partial charge in [0.1, 0.15) is 0 Å². The van der Waals surface area contributed by atoms with E-state index in [4.69, 9.17) is 14.2 Å². The number of ether oxygens (including phenoxy) is 3. The van der Waals surface area contributed by atoms with E-state index in [0.717, 1.165) is 48.2 Å². The van der Waals surface area contributed by atoms with Crippen LogP contribution in [0.2, 0.25) is 0 Å². The molecular formula is C32H40N2O6S. The fraction of sp³-hybridized carbons (Fsp3) is 0.438. The van der Waals surface area contributed by atoms with Gasteiger partial charge in [-0.3, -0.25) is 4.90 Å². The van der Waals surface area contributed by atoms with E-state index in [2.05, 4.69) is 16.5 Å². The second-order valence-corrected chi connectivity index (χ2v) is 12.7. The van der Waals surface area contributed by atoms with Crippen LogP contribution < -0.4 is 4.72 Å². The molecule has 220 valence electrons. The molecule has 0 aromatic heterocycles. The van der Waals surface area contributed by atoms with E-state index in [9.17, 15) is 13.5 Å². The van der Waals surface area contributed by atoms with Gasteiger partial charge in [-0.25, -0.2) is 13.1 Å². The predicted octanol–water partition coefficient (Wildman–Crippen LogP) is 4.56. The Bertz CT molecular complexity index is 1350. The molecule has 2 aliphatic rings. The third kappa shape index (κ3) is 7.24. The van der Waals surface area contributed by atoms with Crippen LogP contribution in [0.3, 0.4) is 0 Å². The van der Waals surface area contributed by atoms with Gasteiger partial charge in [-0.15, -0.1) is 0 Å². The Morgan fingerprint density at radius 1 is 0.951 bits per heavy atom. The van der Waals surface area contributed by atoms with Crippen LogP contribution in [0, 0.1) is 5.92 Å². The molecule has 3 aromatic carbocycles. The highest BCUT2D eigenvalue weighted by Gasteiger charge is 2.40. The number of nitrogens with one attached hydrogen (secondary N) is 1. The topological polar surface area (TPSA) is 97.3 Å². The first-order chi connectivity index (χ1) is 19.9. The highest BCUT2D eigenvalue weighted by Crippen LogP contribution is 2.42. The minimum Gasteiger partial charge on any atom is -0.392 e. The molecule has 5 rings (SSSR count). The van der Waals surface area contributed by atoms with E-state index in [-0.39, 0.29) is 36.2 Å². The number of sulfonamides is 1. The largest absolute Gasteiger partial charge is 0.392 e. The molecule has 8 nitrogen and oxygen atoms in total. The van der Waals surface area contributed by atoms with E-state index in [1.54, 1.807) is 37.4 Å². The lowest BCUT2D eigenvalue weighted by Gasteiger charge is -2.43. The summed E-state index contributed by atoms with van der Waals surface area (Å²) < 4.78 is 46.6. The van der Waals surface area contributed by atoms with E-state index in [1.165, 1.54) is 0 Å². The zero-order chi connectivity index (χ0) is 28.8. The van der Waals surface area contributed by atoms with Crippen LogP contribution in [-0.4, -0.2) is 57.4 Å². The molecule has 2 heterocycles. The van der Waals surface area contributed by atoms with Crippen molar-refractivity contribution in [1.29, 1.82) is 0 Å². The first kappa shape index (κ1) is 29.8. The van der Waals surface area contributed by atoms with Gasteiger partial charge in [0.2, 0.25) is 10.0 Å². The maximum Gasteiger partial charge on any atom is 0.240 e. The summed E-state index contributed by atoms with van der Waals surface area (Å²) in [5.74, 6) is 0.0988. The Hall–Kier alpha value is -2.63. The van der Waals surface area contributed by atoms with Crippen molar-refractivity contribution in [3.8, 4) is 0 Å². The Balaban J connectivity index is 1.32. The molecule has 5 atom stereocenters. The summed E-state index contributed by atoms with van der Waals surface area (Å²) in [4.78, 5) is 2.71. The van der Waals surface area contributed by atoms with Crippen molar-refractivity contribution >= 4 is 10.0 Å². The van der Waals surface area contributed by atoms with Crippen molar-refractivity contribution in [2.45, 2.75) is 62.4 Å². The maximum absolute atomic E-state index is 12.6. The van der Waals surface area contributed by atoms with Gasteiger partial charge in [0.15, 0.2) is 6.29 Å². The van der Waals surface area contributed by atoms with Crippen LogP contribution in [0.25, 0.3) is 0 Å². The number of hydrogen-bond acceptors (Lipinski definition) is 7. The molecule has 2 fully saturated rings. The maximum atomic E-state index is 12.6. The van der Waals surface area contributed by atoms with Crippen molar-refractivity contribution in [1.82, 2.24) is 9.62 Å². The summed E-state index contributed by atoms with van der Waals surface area (Å²) in [5.41, 5.74) is 3.63. The second-order valence-electron chi connectivity index (χ2n) is 10.9. The molecule has 41 heavy (non-hydrogen) atoms. The number of aliphatic hydroxyl groups is 1. The molecule has 0 spiro atoms. The molecule has 9 heteroatoms. The quantitative estimate of drug-likeness (QED) is 0.343. The molecule has 0 unspecified atom stereocenters. The van der Waals surface area contributed by atoms with Crippen LogP contribution in [0.1, 0.15) is 54.4 Å². The number of likely N-dealkylation sites (tertiary alicyclic amines) is 1. The smallest absolute Gasteiger partial charge is 0.240 e. The second kappa shape index (κ2) is 13.6. The predicted molar refractivity (Wildman–Crippen MR) is 156 cm³/mol. The highest BCUT2D eigenvalue weighted by atomic mass is 32.2. The monoisotopic (exact) mass is 580 g/mol. The number of hydrogen-bond donors (Lipinski definition) is 2. The molecule has 0 amide bonds. The van der Waals surface area contributed by atoms with Crippen molar-refractivity contribution in [2.24, 2.45) is 5.92 Å². The summed E-state index contributed by atoms with van der Waals surface area (Å²) >= 11 is 0. The molecular weight excluding hydrogens is 540 g/mol. The number of benzene rings is 3. The molecule has 0 saturated carbocycles. The third-order valence-corrected chi connectivity index (χ3v) is 9.58. The van der Waals surface area contributed by atoms with Crippen LogP contribution >= 0.6 is 0 Å². The molecule has 2 aliphatic heterocycles. The van der Waals surface area contributed by atoms with Crippen molar-refractivity contribution in [3.63, 3.8) is 0 Å². The lowest BCUT2D eigenvalue weighted by Crippen LogP contribution is -2.46. The summed E-state index contributed by atoms with van der Waals surface area (Å²) in [6.45, 7) is 4.88. The van der Waals surface area contributed by atoms with E-state index < -0.39 is 16.3 Å². The number of aliphatic hydroxyl groups excluding tert-OH is 1. The van der Waals surface area contributed by atoms with Crippen LogP contribution in [0.15, 0.2) is 83.8 Å². The Morgan fingerprint density at radius 2 is 1.63 bits per heavy atom. The molecule has 2 N–H and O–H groups in total. The molecule has 2 saturated heterocycles. The lowest BCUT2D eigenvalue weighted by atomic mass is 9.90. The van der Waals surface area contributed by atoms with Gasteiger partial charge >= 0.3 is 0 Å². The van der Waals surface area contributed by atoms with E-state index in [1.807, 2.05) is 48.5 Å². The minimum absolute atomic E-state index is 0.000574. The lowest BCUT2D eigenvalue weighted by molar-refractivity contribution is -0.276. The summed E-state index contributed by atoms with van der Waals surface area (Å²) in [6.07, 6.45) is 1.45. The summed E-state index contributed by atoms with van der Waals surface area (Å²) in [5, 5.41) is 9.51. The van der Waals surface area contributed by atoms with Crippen molar-refractivity contribution in [2.75, 3.05) is 26.8 Å².